The maximum atomic E-state index is 7.01. The average Bonchev–Trinajstić information content (AvgIpc) is 3.21. The maximum Gasteiger partial charge on any atom is 0.143 e. The number of benzene rings is 4. The Hall–Kier alpha value is -1.96. The van der Waals surface area contributed by atoms with Crippen molar-refractivity contribution in [1.82, 2.24) is 19.9 Å². The number of nitrogens with zero attached hydrogens (tertiary/aromatic N) is 4. The van der Waals surface area contributed by atoms with Crippen LogP contribution in [-0.2, 0) is 21.3 Å². The van der Waals surface area contributed by atoms with Crippen LogP contribution in [0.1, 0.15) is 32.8 Å². The summed E-state index contributed by atoms with van der Waals surface area (Å²) in [6, 6.07) is 44.2. The van der Waals surface area contributed by atoms with E-state index in [4.69, 9.17) is 9.98 Å². The second-order valence-corrected chi connectivity index (χ2v) is 17.9. The summed E-state index contributed by atoms with van der Waals surface area (Å²) < 4.78 is 0. The predicted molar refractivity (Wildman–Crippen MR) is 213 cm³/mol. The molecule has 4 fully saturated rings. The Kier molecular flexibility index (Phi) is 11.5. The molecule has 4 aromatic rings. The summed E-state index contributed by atoms with van der Waals surface area (Å²) in [5.41, 5.74) is 4.00. The Morgan fingerprint density at radius 1 is 0.420 bits per heavy atom. The van der Waals surface area contributed by atoms with Gasteiger partial charge in [-0.1, -0.05) is 121 Å². The molecule has 0 N–H and O–H groups in total. The lowest BCUT2D eigenvalue weighted by Gasteiger charge is -2.58. The molecule has 6 nitrogen and oxygen atoms in total. The topological polar surface area (TPSA) is 31.4 Å². The largest absolute Gasteiger partial charge is 0.277 e. The molecular weight excluding hydrogens is 697 g/mol. The molecule has 50 heavy (non-hydrogen) atoms. The molecule has 10 heteroatoms. The first-order chi connectivity index (χ1) is 24.8. The van der Waals surface area contributed by atoms with E-state index >= 15 is 0 Å². The molecule has 0 radical (unpaired) electrons. The quantitative estimate of drug-likeness (QED) is 0.124. The molecule has 4 unspecified atom stereocenters. The summed E-state index contributed by atoms with van der Waals surface area (Å²) in [6.45, 7) is 5.43. The Bertz CT molecular complexity index is 1510. The lowest BCUT2D eigenvalue weighted by Crippen LogP contribution is -2.67. The molecule has 4 aliphatic rings. The van der Waals surface area contributed by atoms with Crippen molar-refractivity contribution in [1.29, 1.82) is 0 Å². The molecule has 4 heterocycles. The van der Waals surface area contributed by atoms with Crippen molar-refractivity contribution in [2.24, 2.45) is 0 Å². The standard InChI is InChI=1S/C40H46N4O2S4/c1-5-13-33(14-6-1)37-39(35-17-9-3-10-18-35,41-21-27-47-28-22-41)43(25-31-49-37)45-46-44-26-32-50-38(34-15-7-2-8-16-34)40(44,36-19-11-4-12-20-36)42-23-29-48-30-24-42/h1-20,37-38H,21-32H2. The van der Waals surface area contributed by atoms with Gasteiger partial charge in [0.1, 0.15) is 11.3 Å². The van der Waals surface area contributed by atoms with Gasteiger partial charge >= 0.3 is 0 Å². The van der Waals surface area contributed by atoms with Crippen molar-refractivity contribution in [2.75, 3.05) is 73.8 Å². The summed E-state index contributed by atoms with van der Waals surface area (Å²) in [6.07, 6.45) is 0. The number of hydrogen-bond donors (Lipinski definition) is 0. The normalized spacial score (nSPS) is 29.1. The van der Waals surface area contributed by atoms with Crippen LogP contribution in [0.15, 0.2) is 121 Å². The van der Waals surface area contributed by atoms with E-state index in [1.54, 1.807) is 0 Å². The van der Waals surface area contributed by atoms with Gasteiger partial charge in [0.15, 0.2) is 0 Å². The number of hydroxylamine groups is 4. The van der Waals surface area contributed by atoms with Gasteiger partial charge in [0, 0.05) is 73.8 Å². The molecule has 0 amide bonds. The van der Waals surface area contributed by atoms with Crippen LogP contribution >= 0.6 is 47.0 Å². The van der Waals surface area contributed by atoms with E-state index in [1.807, 2.05) is 47.0 Å². The molecule has 0 aromatic heterocycles. The molecule has 0 bridgehead atoms. The summed E-state index contributed by atoms with van der Waals surface area (Å²) in [5, 5.41) is 4.68. The summed E-state index contributed by atoms with van der Waals surface area (Å²) in [5.74, 6) is 6.28. The third-order valence-electron chi connectivity index (χ3n) is 10.5. The van der Waals surface area contributed by atoms with Gasteiger partial charge in [0.25, 0.3) is 0 Å². The first-order valence-corrected chi connectivity index (χ1v) is 22.2. The molecular formula is C40H46N4O2S4. The van der Waals surface area contributed by atoms with Crippen LogP contribution in [0.5, 0.6) is 0 Å². The molecule has 0 spiro atoms. The highest BCUT2D eigenvalue weighted by Crippen LogP contribution is 2.56. The highest BCUT2D eigenvalue weighted by molar-refractivity contribution is 8.00. The summed E-state index contributed by atoms with van der Waals surface area (Å²) in [4.78, 5) is 19.4. The molecule has 4 atom stereocenters. The van der Waals surface area contributed by atoms with Crippen molar-refractivity contribution in [3.8, 4) is 0 Å². The number of rotatable bonds is 9. The third-order valence-corrected chi connectivity index (χ3v) is 15.0. The average molecular weight is 743 g/mol. The zero-order valence-corrected chi connectivity index (χ0v) is 31.7. The third kappa shape index (κ3) is 6.59. The van der Waals surface area contributed by atoms with Gasteiger partial charge < -0.3 is 0 Å². The maximum absolute atomic E-state index is 7.01. The molecule has 8 rings (SSSR count). The van der Waals surface area contributed by atoms with E-state index in [0.29, 0.717) is 0 Å². The van der Waals surface area contributed by atoms with Gasteiger partial charge in [-0.3, -0.25) is 9.80 Å². The minimum atomic E-state index is -0.562. The van der Waals surface area contributed by atoms with E-state index in [1.165, 1.54) is 22.3 Å². The van der Waals surface area contributed by atoms with Crippen LogP contribution in [0.25, 0.3) is 0 Å². The van der Waals surface area contributed by atoms with Crippen molar-refractivity contribution in [3.63, 3.8) is 0 Å². The molecule has 4 aromatic carbocycles. The molecule has 4 aliphatic heterocycles. The fraction of sp³-hybridized carbons (Fsp3) is 0.400. The smallest absolute Gasteiger partial charge is 0.143 e. The van der Waals surface area contributed by atoms with Crippen LogP contribution in [0.2, 0.25) is 0 Å². The first-order valence-electron chi connectivity index (χ1n) is 17.8. The molecule has 262 valence electrons. The van der Waals surface area contributed by atoms with Gasteiger partial charge in [-0.25, -0.2) is 0 Å². The fourth-order valence-corrected chi connectivity index (χ4v) is 13.1. The summed E-state index contributed by atoms with van der Waals surface area (Å²) >= 11 is 8.17. The predicted octanol–water partition coefficient (Wildman–Crippen LogP) is 8.15. The number of thioether (sulfide) groups is 4. The summed E-state index contributed by atoms with van der Waals surface area (Å²) in [7, 11) is 0. The Balaban J connectivity index is 1.24. The lowest BCUT2D eigenvalue weighted by atomic mass is 9.88. The van der Waals surface area contributed by atoms with E-state index in [2.05, 4.69) is 141 Å². The molecule has 0 aliphatic carbocycles. The Labute approximate surface area is 314 Å². The van der Waals surface area contributed by atoms with Crippen LogP contribution in [0.4, 0.5) is 0 Å². The second kappa shape index (κ2) is 16.4. The van der Waals surface area contributed by atoms with E-state index < -0.39 is 11.3 Å². The van der Waals surface area contributed by atoms with E-state index in [9.17, 15) is 0 Å². The van der Waals surface area contributed by atoms with Gasteiger partial charge in [0.2, 0.25) is 0 Å². The van der Waals surface area contributed by atoms with Gasteiger partial charge in [-0.15, -0.1) is 43.6 Å². The van der Waals surface area contributed by atoms with Crippen molar-refractivity contribution in [2.45, 2.75) is 21.8 Å². The van der Waals surface area contributed by atoms with Gasteiger partial charge in [0.05, 0.1) is 10.5 Å². The van der Waals surface area contributed by atoms with E-state index in [0.717, 1.165) is 73.8 Å². The van der Waals surface area contributed by atoms with Gasteiger partial charge in [-0.05, 0) is 22.3 Å². The second-order valence-electron chi connectivity index (χ2n) is 13.1. The van der Waals surface area contributed by atoms with Gasteiger partial charge in [-0.2, -0.15) is 23.5 Å². The zero-order chi connectivity index (χ0) is 33.6. The Morgan fingerprint density at radius 3 is 1.12 bits per heavy atom. The molecule has 0 saturated carbocycles. The van der Waals surface area contributed by atoms with Crippen molar-refractivity contribution < 1.29 is 9.98 Å². The van der Waals surface area contributed by atoms with Crippen LogP contribution in [0, 0.1) is 0 Å². The Morgan fingerprint density at radius 2 is 0.760 bits per heavy atom. The zero-order valence-electron chi connectivity index (χ0n) is 28.4. The van der Waals surface area contributed by atoms with Crippen molar-refractivity contribution >= 4 is 47.0 Å². The van der Waals surface area contributed by atoms with Crippen LogP contribution in [0.3, 0.4) is 0 Å². The minimum Gasteiger partial charge on any atom is -0.277 e. The highest BCUT2D eigenvalue weighted by atomic mass is 32.2. The SMILES string of the molecule is c1ccc(C2SCCN(OON3CCSC(c4ccccc4)C3(c3ccccc3)N3CCSCC3)C2(c2ccccc2)N2CCSCC2)cc1. The number of hydrogen-bond acceptors (Lipinski definition) is 10. The highest BCUT2D eigenvalue weighted by Gasteiger charge is 2.58. The minimum absolute atomic E-state index is 0.124. The van der Waals surface area contributed by atoms with E-state index in [-0.39, 0.29) is 10.5 Å². The monoisotopic (exact) mass is 742 g/mol. The first kappa shape index (κ1) is 35.1. The lowest BCUT2D eigenvalue weighted by molar-refractivity contribution is -0.561. The fourth-order valence-electron chi connectivity index (χ4n) is 8.30. The van der Waals surface area contributed by atoms with Crippen LogP contribution in [-0.4, -0.2) is 93.7 Å². The molecule has 4 saturated heterocycles. The van der Waals surface area contributed by atoms with Crippen LogP contribution < -0.4 is 0 Å². The van der Waals surface area contributed by atoms with Crippen molar-refractivity contribution in [3.05, 3.63) is 144 Å².